The van der Waals surface area contributed by atoms with Crippen molar-refractivity contribution in [2.24, 2.45) is 0 Å². The van der Waals surface area contributed by atoms with E-state index in [1.165, 1.54) is 22.5 Å². The number of amides is 1. The predicted molar refractivity (Wildman–Crippen MR) is 123 cm³/mol. The van der Waals surface area contributed by atoms with Crippen LogP contribution in [-0.4, -0.2) is 49.0 Å². The van der Waals surface area contributed by atoms with E-state index in [9.17, 15) is 13.2 Å². The first-order valence-corrected chi connectivity index (χ1v) is 11.8. The molecule has 2 aromatic carbocycles. The number of thiocarbonyl (C=S) groups is 1. The SMILES string of the molecule is CC1CN(S(=O)(=O)c2cc(C(=O)NNC(=S)Nc3ccccc3)ccc2Cl)CC(C)O1. The maximum atomic E-state index is 13.2. The molecule has 1 amide bonds. The highest BCUT2D eigenvalue weighted by atomic mass is 35.5. The van der Waals surface area contributed by atoms with Gasteiger partial charge < -0.3 is 10.1 Å². The summed E-state index contributed by atoms with van der Waals surface area (Å²) in [5.41, 5.74) is 5.91. The highest BCUT2D eigenvalue weighted by molar-refractivity contribution is 7.89. The molecule has 0 spiro atoms. The molecule has 11 heteroatoms. The van der Waals surface area contributed by atoms with Crippen LogP contribution in [0.2, 0.25) is 5.02 Å². The van der Waals surface area contributed by atoms with E-state index in [0.717, 1.165) is 5.69 Å². The molecule has 1 fully saturated rings. The number of carbonyl (C=O) groups is 1. The molecule has 0 bridgehead atoms. The van der Waals surface area contributed by atoms with Crippen molar-refractivity contribution in [2.45, 2.75) is 31.0 Å². The second kappa shape index (κ2) is 9.92. The largest absolute Gasteiger partial charge is 0.373 e. The molecule has 2 unspecified atom stereocenters. The fourth-order valence-corrected chi connectivity index (χ4v) is 5.44. The quantitative estimate of drug-likeness (QED) is 0.455. The minimum absolute atomic E-state index is 0.0394. The summed E-state index contributed by atoms with van der Waals surface area (Å²) in [6.45, 7) is 4.03. The fraction of sp³-hybridized carbons (Fsp3) is 0.300. The first-order chi connectivity index (χ1) is 14.7. The number of para-hydroxylation sites is 1. The lowest BCUT2D eigenvalue weighted by atomic mass is 10.2. The average molecular weight is 483 g/mol. The van der Waals surface area contributed by atoms with E-state index < -0.39 is 15.9 Å². The van der Waals surface area contributed by atoms with Crippen LogP contribution >= 0.6 is 23.8 Å². The Morgan fingerprint density at radius 3 is 2.39 bits per heavy atom. The number of rotatable bonds is 4. The third-order valence-corrected chi connectivity index (χ3v) is 7.04. The van der Waals surface area contributed by atoms with Gasteiger partial charge in [-0.05, 0) is 56.4 Å². The van der Waals surface area contributed by atoms with E-state index in [1.807, 2.05) is 44.2 Å². The number of hydrogen-bond donors (Lipinski definition) is 3. The third-order valence-electron chi connectivity index (χ3n) is 4.52. The minimum Gasteiger partial charge on any atom is -0.373 e. The van der Waals surface area contributed by atoms with Crippen LogP contribution in [-0.2, 0) is 14.8 Å². The molecular weight excluding hydrogens is 460 g/mol. The number of halogens is 1. The maximum absolute atomic E-state index is 13.2. The molecule has 3 N–H and O–H groups in total. The molecule has 1 saturated heterocycles. The van der Waals surface area contributed by atoms with Crippen molar-refractivity contribution in [3.8, 4) is 0 Å². The van der Waals surface area contributed by atoms with Gasteiger partial charge in [0.2, 0.25) is 10.0 Å². The molecule has 8 nitrogen and oxygen atoms in total. The second-order valence-corrected chi connectivity index (χ2v) is 9.85. The van der Waals surface area contributed by atoms with Crippen LogP contribution in [0.5, 0.6) is 0 Å². The van der Waals surface area contributed by atoms with Gasteiger partial charge >= 0.3 is 0 Å². The van der Waals surface area contributed by atoms with Gasteiger partial charge in [0.15, 0.2) is 5.11 Å². The zero-order valence-corrected chi connectivity index (χ0v) is 19.4. The summed E-state index contributed by atoms with van der Waals surface area (Å²) in [6.07, 6.45) is -0.489. The van der Waals surface area contributed by atoms with Crippen molar-refractivity contribution in [1.82, 2.24) is 15.2 Å². The first kappa shape index (κ1) is 23.4. The molecule has 31 heavy (non-hydrogen) atoms. The van der Waals surface area contributed by atoms with Crippen LogP contribution in [0, 0.1) is 0 Å². The molecule has 166 valence electrons. The summed E-state index contributed by atoms with van der Waals surface area (Å²) in [5.74, 6) is -0.561. The van der Waals surface area contributed by atoms with E-state index >= 15 is 0 Å². The average Bonchev–Trinajstić information content (AvgIpc) is 2.72. The Hall–Kier alpha value is -2.24. The molecule has 1 aliphatic rings. The fourth-order valence-electron chi connectivity index (χ4n) is 3.18. The van der Waals surface area contributed by atoms with Gasteiger partial charge in [-0.3, -0.25) is 15.6 Å². The first-order valence-electron chi connectivity index (χ1n) is 9.54. The lowest BCUT2D eigenvalue weighted by molar-refractivity contribution is -0.0440. The summed E-state index contributed by atoms with van der Waals surface area (Å²) in [6, 6.07) is 13.3. The van der Waals surface area contributed by atoms with Gasteiger partial charge in [-0.25, -0.2) is 8.42 Å². The summed E-state index contributed by atoms with van der Waals surface area (Å²) in [7, 11) is -3.90. The van der Waals surface area contributed by atoms with E-state index in [-0.39, 0.29) is 45.9 Å². The number of nitrogens with one attached hydrogen (secondary N) is 3. The second-order valence-electron chi connectivity index (χ2n) is 7.12. The number of nitrogens with zero attached hydrogens (tertiary/aromatic N) is 1. The highest BCUT2D eigenvalue weighted by Gasteiger charge is 2.33. The number of ether oxygens (including phenoxy) is 1. The van der Waals surface area contributed by atoms with Gasteiger partial charge in [0.05, 0.1) is 17.2 Å². The van der Waals surface area contributed by atoms with Crippen LogP contribution in [0.4, 0.5) is 5.69 Å². The zero-order chi connectivity index (χ0) is 22.6. The summed E-state index contributed by atoms with van der Waals surface area (Å²) in [4.78, 5) is 12.4. The standard InChI is InChI=1S/C20H23ClN4O4S2/c1-13-11-25(12-14(2)29-13)31(27,28)18-10-15(8-9-17(18)21)19(26)23-24-20(30)22-16-6-4-3-5-7-16/h3-10,13-14H,11-12H2,1-2H3,(H,23,26)(H2,22,24,30). The summed E-state index contributed by atoms with van der Waals surface area (Å²) >= 11 is 11.3. The van der Waals surface area contributed by atoms with E-state index in [4.69, 9.17) is 28.6 Å². The van der Waals surface area contributed by atoms with Gasteiger partial charge in [0.25, 0.3) is 5.91 Å². The van der Waals surface area contributed by atoms with Crippen LogP contribution in [0.25, 0.3) is 0 Å². The molecule has 2 atom stereocenters. The Balaban J connectivity index is 1.71. The molecule has 0 saturated carbocycles. The molecule has 2 aromatic rings. The predicted octanol–water partition coefficient (Wildman–Crippen LogP) is 2.77. The Morgan fingerprint density at radius 1 is 1.10 bits per heavy atom. The van der Waals surface area contributed by atoms with Crippen LogP contribution < -0.4 is 16.2 Å². The van der Waals surface area contributed by atoms with Crippen LogP contribution in [0.3, 0.4) is 0 Å². The zero-order valence-electron chi connectivity index (χ0n) is 17.0. The smallest absolute Gasteiger partial charge is 0.269 e. The van der Waals surface area contributed by atoms with Crippen molar-refractivity contribution in [3.63, 3.8) is 0 Å². The molecule has 0 radical (unpaired) electrons. The van der Waals surface area contributed by atoms with Gasteiger partial charge in [0.1, 0.15) is 4.90 Å². The summed E-state index contributed by atoms with van der Waals surface area (Å²) < 4.78 is 33.2. The van der Waals surface area contributed by atoms with Crippen LogP contribution in [0.1, 0.15) is 24.2 Å². The Labute approximate surface area is 191 Å². The normalized spacial score (nSPS) is 19.5. The number of morpholine rings is 1. The summed E-state index contributed by atoms with van der Waals surface area (Å²) in [5, 5.41) is 3.13. The number of sulfonamides is 1. The molecule has 3 rings (SSSR count). The molecule has 0 aliphatic carbocycles. The maximum Gasteiger partial charge on any atom is 0.269 e. The molecule has 0 aromatic heterocycles. The van der Waals surface area contributed by atoms with Gasteiger partial charge in [-0.1, -0.05) is 29.8 Å². The van der Waals surface area contributed by atoms with Gasteiger partial charge in [0, 0.05) is 24.3 Å². The Kier molecular flexibility index (Phi) is 7.50. The number of benzene rings is 2. The molecular formula is C20H23ClN4O4S2. The van der Waals surface area contributed by atoms with Crippen molar-refractivity contribution in [2.75, 3.05) is 18.4 Å². The number of hydrazine groups is 1. The van der Waals surface area contributed by atoms with E-state index in [2.05, 4.69) is 16.2 Å². The van der Waals surface area contributed by atoms with Gasteiger partial charge in [-0.15, -0.1) is 0 Å². The molecule has 1 heterocycles. The van der Waals surface area contributed by atoms with Crippen molar-refractivity contribution in [3.05, 3.63) is 59.1 Å². The lowest BCUT2D eigenvalue weighted by Crippen LogP contribution is -2.48. The Morgan fingerprint density at radius 2 is 1.74 bits per heavy atom. The Bertz CT molecular complexity index is 1060. The van der Waals surface area contributed by atoms with E-state index in [0.29, 0.717) is 0 Å². The topological polar surface area (TPSA) is 99.8 Å². The van der Waals surface area contributed by atoms with E-state index in [1.54, 1.807) is 0 Å². The van der Waals surface area contributed by atoms with Crippen molar-refractivity contribution in [1.29, 1.82) is 0 Å². The minimum atomic E-state index is -3.90. The van der Waals surface area contributed by atoms with Crippen molar-refractivity contribution >= 4 is 50.5 Å². The lowest BCUT2D eigenvalue weighted by Gasteiger charge is -2.34. The van der Waals surface area contributed by atoms with Gasteiger partial charge in [-0.2, -0.15) is 4.31 Å². The van der Waals surface area contributed by atoms with Crippen LogP contribution in [0.15, 0.2) is 53.4 Å². The monoisotopic (exact) mass is 482 g/mol. The van der Waals surface area contributed by atoms with Crippen molar-refractivity contribution < 1.29 is 17.9 Å². The number of hydrogen-bond acceptors (Lipinski definition) is 5. The third kappa shape index (κ3) is 5.92. The number of anilines is 1. The molecule has 1 aliphatic heterocycles. The number of carbonyl (C=O) groups excluding carboxylic acids is 1. The highest BCUT2D eigenvalue weighted by Crippen LogP contribution is 2.28.